The Kier molecular flexibility index (Phi) is 7.03. The monoisotopic (exact) mass is 281 g/mol. The zero-order valence-corrected chi connectivity index (χ0v) is 11.8. The van der Waals surface area contributed by atoms with Crippen LogP contribution in [0.15, 0.2) is 30.3 Å². The van der Waals surface area contributed by atoms with E-state index in [1.165, 1.54) is 0 Å². The molecule has 0 aliphatic heterocycles. The molecule has 0 saturated carbocycles. The summed E-state index contributed by atoms with van der Waals surface area (Å²) in [6, 6.07) is 8.44. The van der Waals surface area contributed by atoms with Crippen LogP contribution < -0.4 is 5.32 Å². The van der Waals surface area contributed by atoms with Gasteiger partial charge in [0.05, 0.1) is 0 Å². The number of thioether (sulfide) groups is 1. The second-order valence-corrected chi connectivity index (χ2v) is 5.23. The molecule has 4 nitrogen and oxygen atoms in total. The molecule has 1 atom stereocenters. The molecule has 0 aliphatic rings. The first-order valence-electron chi connectivity index (χ1n) is 6.18. The van der Waals surface area contributed by atoms with Crippen LogP contribution in [0.5, 0.6) is 0 Å². The number of carboxylic acid groups (broad SMARTS) is 1. The van der Waals surface area contributed by atoms with Crippen molar-refractivity contribution in [3.8, 4) is 0 Å². The van der Waals surface area contributed by atoms with Crippen LogP contribution in [0.1, 0.15) is 18.4 Å². The number of hydrogen-bond donors (Lipinski definition) is 2. The summed E-state index contributed by atoms with van der Waals surface area (Å²) in [6.07, 6.45) is 3.43. The molecule has 0 spiro atoms. The lowest BCUT2D eigenvalue weighted by molar-refractivity contribution is -0.141. The first-order chi connectivity index (χ1) is 9.13. The Hall–Kier alpha value is -1.49. The SMILES string of the molecule is CSCCCC(=O)N[C@H](Cc1ccccc1)C(=O)O. The largest absolute Gasteiger partial charge is 0.480 e. The minimum atomic E-state index is -0.998. The summed E-state index contributed by atoms with van der Waals surface area (Å²) in [5.74, 6) is -0.288. The van der Waals surface area contributed by atoms with Crippen molar-refractivity contribution >= 4 is 23.6 Å². The highest BCUT2D eigenvalue weighted by Crippen LogP contribution is 2.05. The topological polar surface area (TPSA) is 66.4 Å². The van der Waals surface area contributed by atoms with Crippen LogP contribution in [-0.4, -0.2) is 35.0 Å². The second-order valence-electron chi connectivity index (χ2n) is 4.24. The molecule has 0 fully saturated rings. The molecule has 0 aromatic heterocycles. The van der Waals surface area contributed by atoms with Crippen LogP contribution in [0.2, 0.25) is 0 Å². The van der Waals surface area contributed by atoms with E-state index in [1.807, 2.05) is 36.6 Å². The zero-order chi connectivity index (χ0) is 14.1. The highest BCUT2D eigenvalue weighted by atomic mass is 32.2. The van der Waals surface area contributed by atoms with Crippen LogP contribution in [0, 0.1) is 0 Å². The number of carbonyl (C=O) groups is 2. The molecule has 0 unspecified atom stereocenters. The van der Waals surface area contributed by atoms with Gasteiger partial charge in [0.25, 0.3) is 0 Å². The van der Waals surface area contributed by atoms with Crippen molar-refractivity contribution < 1.29 is 14.7 Å². The van der Waals surface area contributed by atoms with E-state index in [2.05, 4.69) is 5.32 Å². The highest BCUT2D eigenvalue weighted by Gasteiger charge is 2.19. The third kappa shape index (κ3) is 6.29. The molecule has 0 bridgehead atoms. The first kappa shape index (κ1) is 15.6. The molecule has 19 heavy (non-hydrogen) atoms. The molecule has 2 N–H and O–H groups in total. The van der Waals surface area contributed by atoms with E-state index in [0.29, 0.717) is 12.8 Å². The van der Waals surface area contributed by atoms with Crippen molar-refractivity contribution in [3.05, 3.63) is 35.9 Å². The summed E-state index contributed by atoms with van der Waals surface area (Å²) in [5, 5.41) is 11.7. The number of carbonyl (C=O) groups excluding carboxylic acids is 1. The predicted molar refractivity (Wildman–Crippen MR) is 77.3 cm³/mol. The van der Waals surface area contributed by atoms with Gasteiger partial charge in [-0.1, -0.05) is 30.3 Å². The van der Waals surface area contributed by atoms with Crippen molar-refractivity contribution in [2.24, 2.45) is 0 Å². The first-order valence-corrected chi connectivity index (χ1v) is 7.58. The minimum absolute atomic E-state index is 0.197. The van der Waals surface area contributed by atoms with Gasteiger partial charge in [-0.2, -0.15) is 11.8 Å². The standard InChI is InChI=1S/C14H19NO3S/c1-19-9-5-8-13(16)15-12(14(17)18)10-11-6-3-2-4-7-11/h2-4,6-7,12H,5,8-10H2,1H3,(H,15,16)(H,17,18)/t12-/m1/s1. The summed E-state index contributed by atoms with van der Waals surface area (Å²) in [6.45, 7) is 0. The Balaban J connectivity index is 2.49. The average Bonchev–Trinajstić information content (AvgIpc) is 2.39. The number of nitrogens with one attached hydrogen (secondary N) is 1. The van der Waals surface area contributed by atoms with Gasteiger partial charge in [-0.15, -0.1) is 0 Å². The molecule has 1 aromatic rings. The van der Waals surface area contributed by atoms with Gasteiger partial charge < -0.3 is 10.4 Å². The Morgan fingerprint density at radius 1 is 1.32 bits per heavy atom. The van der Waals surface area contributed by atoms with Crippen LogP contribution in [0.4, 0.5) is 0 Å². The molecule has 1 amide bonds. The van der Waals surface area contributed by atoms with Gasteiger partial charge in [-0.3, -0.25) is 4.79 Å². The fraction of sp³-hybridized carbons (Fsp3) is 0.429. The average molecular weight is 281 g/mol. The van der Waals surface area contributed by atoms with Gasteiger partial charge in [-0.05, 0) is 24.0 Å². The van der Waals surface area contributed by atoms with Crippen LogP contribution in [0.25, 0.3) is 0 Å². The highest BCUT2D eigenvalue weighted by molar-refractivity contribution is 7.98. The van der Waals surface area contributed by atoms with Crippen molar-refractivity contribution in [2.45, 2.75) is 25.3 Å². The lowest BCUT2D eigenvalue weighted by Crippen LogP contribution is -2.42. The fourth-order valence-corrected chi connectivity index (χ4v) is 2.13. The normalized spacial score (nSPS) is 11.8. The lowest BCUT2D eigenvalue weighted by atomic mass is 10.1. The molecule has 0 heterocycles. The Morgan fingerprint density at radius 2 is 2.00 bits per heavy atom. The van der Waals surface area contributed by atoms with Crippen molar-refractivity contribution in [1.82, 2.24) is 5.32 Å². The summed E-state index contributed by atoms with van der Waals surface area (Å²) in [4.78, 5) is 22.8. The van der Waals surface area contributed by atoms with Crippen molar-refractivity contribution in [2.75, 3.05) is 12.0 Å². The van der Waals surface area contributed by atoms with Crippen LogP contribution in [0.3, 0.4) is 0 Å². The molecular formula is C14H19NO3S. The molecule has 104 valence electrons. The van der Waals surface area contributed by atoms with Gasteiger partial charge in [0.15, 0.2) is 0 Å². The molecular weight excluding hydrogens is 262 g/mol. The molecule has 0 saturated heterocycles. The van der Waals surface area contributed by atoms with Crippen LogP contribution >= 0.6 is 11.8 Å². The number of benzene rings is 1. The summed E-state index contributed by atoms with van der Waals surface area (Å²) >= 11 is 1.68. The van der Waals surface area contributed by atoms with Crippen molar-refractivity contribution in [1.29, 1.82) is 0 Å². The smallest absolute Gasteiger partial charge is 0.326 e. The Morgan fingerprint density at radius 3 is 2.58 bits per heavy atom. The lowest BCUT2D eigenvalue weighted by Gasteiger charge is -2.14. The fourth-order valence-electron chi connectivity index (χ4n) is 1.69. The quantitative estimate of drug-likeness (QED) is 0.715. The molecule has 1 rings (SSSR count). The van der Waals surface area contributed by atoms with E-state index >= 15 is 0 Å². The van der Waals surface area contributed by atoms with Gasteiger partial charge in [0.1, 0.15) is 6.04 Å². The Labute approximate surface area is 117 Å². The third-order valence-corrected chi connectivity index (χ3v) is 3.37. The molecule has 5 heteroatoms. The maximum atomic E-state index is 11.6. The summed E-state index contributed by atoms with van der Waals surface area (Å²) in [7, 11) is 0. The Bertz CT molecular complexity index is 408. The van der Waals surface area contributed by atoms with E-state index in [9.17, 15) is 9.59 Å². The number of hydrogen-bond acceptors (Lipinski definition) is 3. The van der Waals surface area contributed by atoms with Gasteiger partial charge in [-0.25, -0.2) is 4.79 Å². The molecule has 0 radical (unpaired) electrons. The van der Waals surface area contributed by atoms with Gasteiger partial charge in [0.2, 0.25) is 5.91 Å². The molecule has 0 aliphatic carbocycles. The maximum absolute atomic E-state index is 11.6. The van der Waals surface area contributed by atoms with Gasteiger partial charge >= 0.3 is 5.97 Å². The minimum Gasteiger partial charge on any atom is -0.480 e. The number of carboxylic acids is 1. The van der Waals surface area contributed by atoms with E-state index in [4.69, 9.17) is 5.11 Å². The number of aliphatic carboxylic acids is 1. The number of rotatable bonds is 8. The predicted octanol–water partition coefficient (Wildman–Crippen LogP) is 1.94. The maximum Gasteiger partial charge on any atom is 0.326 e. The van der Waals surface area contributed by atoms with E-state index in [-0.39, 0.29) is 5.91 Å². The van der Waals surface area contributed by atoms with Crippen LogP contribution in [-0.2, 0) is 16.0 Å². The van der Waals surface area contributed by atoms with Gasteiger partial charge in [0, 0.05) is 12.8 Å². The van der Waals surface area contributed by atoms with E-state index in [1.54, 1.807) is 11.8 Å². The third-order valence-electron chi connectivity index (χ3n) is 2.67. The molecule has 1 aromatic carbocycles. The van der Waals surface area contributed by atoms with E-state index < -0.39 is 12.0 Å². The van der Waals surface area contributed by atoms with Crippen molar-refractivity contribution in [3.63, 3.8) is 0 Å². The second kappa shape index (κ2) is 8.58. The summed E-state index contributed by atoms with van der Waals surface area (Å²) in [5.41, 5.74) is 0.902. The van der Waals surface area contributed by atoms with E-state index in [0.717, 1.165) is 17.7 Å². The summed E-state index contributed by atoms with van der Waals surface area (Å²) < 4.78 is 0. The number of amides is 1. The zero-order valence-electron chi connectivity index (χ0n) is 11.0.